The van der Waals surface area contributed by atoms with Gasteiger partial charge in [-0.15, -0.1) is 10.2 Å². The molecule has 0 unspecified atom stereocenters. The second kappa shape index (κ2) is 8.81. The summed E-state index contributed by atoms with van der Waals surface area (Å²) in [6.45, 7) is 5.24. The van der Waals surface area contributed by atoms with E-state index >= 15 is 0 Å². The van der Waals surface area contributed by atoms with Crippen molar-refractivity contribution in [1.82, 2.24) is 19.7 Å². The van der Waals surface area contributed by atoms with E-state index in [0.717, 1.165) is 5.69 Å². The Balaban J connectivity index is 1.98. The van der Waals surface area contributed by atoms with E-state index in [1.807, 2.05) is 44.2 Å². The Labute approximate surface area is 162 Å². The summed E-state index contributed by atoms with van der Waals surface area (Å²) in [5, 5.41) is 9.00. The maximum Gasteiger partial charge on any atom is 0.233 e. The molecule has 1 amide bonds. The number of para-hydroxylation sites is 1. The van der Waals surface area contributed by atoms with Gasteiger partial charge in [0.05, 0.1) is 11.3 Å². The molecule has 1 heterocycles. The highest BCUT2D eigenvalue weighted by molar-refractivity contribution is 7.99. The topological polar surface area (TPSA) is 51.0 Å². The number of benzene rings is 2. The number of hydrogen-bond acceptors (Lipinski definition) is 4. The van der Waals surface area contributed by atoms with E-state index < -0.39 is 0 Å². The zero-order valence-electron chi connectivity index (χ0n) is 15.3. The van der Waals surface area contributed by atoms with E-state index in [4.69, 9.17) is 0 Å². The molecule has 0 saturated heterocycles. The summed E-state index contributed by atoms with van der Waals surface area (Å²) in [5.74, 6) is 0.346. The maximum absolute atomic E-state index is 14.3. The van der Waals surface area contributed by atoms with Crippen molar-refractivity contribution in [2.75, 3.05) is 18.8 Å². The predicted molar refractivity (Wildman–Crippen MR) is 105 cm³/mol. The molecule has 0 atom stereocenters. The summed E-state index contributed by atoms with van der Waals surface area (Å²) in [6.07, 6.45) is 0. The van der Waals surface area contributed by atoms with Gasteiger partial charge in [-0.3, -0.25) is 9.36 Å². The van der Waals surface area contributed by atoms with Gasteiger partial charge in [0.1, 0.15) is 5.82 Å². The van der Waals surface area contributed by atoms with Gasteiger partial charge >= 0.3 is 0 Å². The zero-order valence-corrected chi connectivity index (χ0v) is 16.1. The molecular weight excluding hydrogens is 363 g/mol. The number of carbonyl (C=O) groups excluding carboxylic acids is 1. The van der Waals surface area contributed by atoms with Gasteiger partial charge in [0, 0.05) is 18.8 Å². The molecule has 1 aromatic heterocycles. The number of thioether (sulfide) groups is 1. The van der Waals surface area contributed by atoms with Gasteiger partial charge in [0.15, 0.2) is 11.0 Å². The van der Waals surface area contributed by atoms with Gasteiger partial charge in [-0.25, -0.2) is 4.39 Å². The fraction of sp³-hybridized carbons (Fsp3) is 0.250. The van der Waals surface area contributed by atoms with Gasteiger partial charge < -0.3 is 4.90 Å². The zero-order chi connectivity index (χ0) is 19.2. The van der Waals surface area contributed by atoms with Crippen LogP contribution in [0.5, 0.6) is 0 Å². The second-order valence-electron chi connectivity index (χ2n) is 5.81. The second-order valence-corrected chi connectivity index (χ2v) is 6.75. The number of carbonyl (C=O) groups is 1. The third-order valence-corrected chi connectivity index (χ3v) is 5.12. The minimum atomic E-state index is -0.363. The lowest BCUT2D eigenvalue weighted by Gasteiger charge is -2.18. The predicted octanol–water partition coefficient (Wildman–Crippen LogP) is 4.03. The molecule has 0 aliphatic rings. The largest absolute Gasteiger partial charge is 0.343 e. The molecule has 5 nitrogen and oxygen atoms in total. The molecule has 3 rings (SSSR count). The number of amides is 1. The van der Waals surface area contributed by atoms with Gasteiger partial charge in [-0.1, -0.05) is 42.1 Å². The molecular formula is C20H21FN4OS. The van der Waals surface area contributed by atoms with Crippen LogP contribution in [0.1, 0.15) is 13.8 Å². The van der Waals surface area contributed by atoms with Crippen molar-refractivity contribution in [2.24, 2.45) is 0 Å². The molecule has 3 aromatic rings. The minimum absolute atomic E-state index is 0.0417. The van der Waals surface area contributed by atoms with Crippen LogP contribution in [-0.2, 0) is 4.79 Å². The molecule has 0 bridgehead atoms. The summed E-state index contributed by atoms with van der Waals surface area (Å²) in [4.78, 5) is 14.1. The summed E-state index contributed by atoms with van der Waals surface area (Å²) < 4.78 is 16.1. The number of rotatable bonds is 7. The van der Waals surface area contributed by atoms with Crippen LogP contribution in [0.15, 0.2) is 59.8 Å². The smallest absolute Gasteiger partial charge is 0.233 e. The average Bonchev–Trinajstić information content (AvgIpc) is 3.12. The third-order valence-electron chi connectivity index (χ3n) is 4.20. The van der Waals surface area contributed by atoms with Crippen LogP contribution in [0.25, 0.3) is 17.1 Å². The fourth-order valence-corrected chi connectivity index (χ4v) is 3.64. The van der Waals surface area contributed by atoms with Gasteiger partial charge in [-0.2, -0.15) is 0 Å². The van der Waals surface area contributed by atoms with Crippen LogP contribution in [0, 0.1) is 5.82 Å². The van der Waals surface area contributed by atoms with Crippen molar-refractivity contribution in [3.63, 3.8) is 0 Å². The molecule has 7 heteroatoms. The molecule has 0 radical (unpaired) electrons. The maximum atomic E-state index is 14.3. The van der Waals surface area contributed by atoms with E-state index in [9.17, 15) is 9.18 Å². The lowest BCUT2D eigenvalue weighted by molar-refractivity contribution is -0.127. The standard InChI is InChI=1S/C20H21FN4OS/c1-3-24(4-2)18(26)14-27-20-23-22-19(16-12-8-9-13-17(16)21)25(20)15-10-6-5-7-11-15/h5-13H,3-4,14H2,1-2H3. The summed E-state index contributed by atoms with van der Waals surface area (Å²) >= 11 is 1.31. The van der Waals surface area contributed by atoms with Crippen LogP contribution in [0.2, 0.25) is 0 Å². The minimum Gasteiger partial charge on any atom is -0.343 e. The number of halogens is 1. The molecule has 0 spiro atoms. The lowest BCUT2D eigenvalue weighted by atomic mass is 10.2. The van der Waals surface area contributed by atoms with Crippen molar-refractivity contribution >= 4 is 17.7 Å². The molecule has 0 aliphatic heterocycles. The fourth-order valence-electron chi connectivity index (χ4n) is 2.78. The van der Waals surface area contributed by atoms with Crippen molar-refractivity contribution < 1.29 is 9.18 Å². The first-order valence-electron chi connectivity index (χ1n) is 8.82. The quantitative estimate of drug-likeness (QED) is 0.577. The highest BCUT2D eigenvalue weighted by atomic mass is 32.2. The Bertz CT molecular complexity index is 909. The normalized spacial score (nSPS) is 10.8. The van der Waals surface area contributed by atoms with Crippen molar-refractivity contribution in [3.05, 3.63) is 60.4 Å². The number of nitrogens with zero attached hydrogens (tertiary/aromatic N) is 4. The summed E-state index contributed by atoms with van der Waals surface area (Å²) in [6, 6.07) is 16.0. The van der Waals surface area contributed by atoms with Crippen molar-refractivity contribution in [3.8, 4) is 17.1 Å². The van der Waals surface area contributed by atoms with Crippen LogP contribution >= 0.6 is 11.8 Å². The Morgan fingerprint density at radius 3 is 2.37 bits per heavy atom. The van der Waals surface area contributed by atoms with Gasteiger partial charge in [0.25, 0.3) is 0 Å². The van der Waals surface area contributed by atoms with Gasteiger partial charge in [0.2, 0.25) is 5.91 Å². The first kappa shape index (κ1) is 19.1. The van der Waals surface area contributed by atoms with E-state index in [0.29, 0.717) is 29.6 Å². The summed E-state index contributed by atoms with van der Waals surface area (Å²) in [5.41, 5.74) is 1.19. The number of aromatic nitrogens is 3. The highest BCUT2D eigenvalue weighted by Crippen LogP contribution is 2.29. The first-order chi connectivity index (χ1) is 13.2. The molecule has 27 heavy (non-hydrogen) atoms. The molecule has 0 aliphatic carbocycles. The van der Waals surface area contributed by atoms with E-state index in [1.54, 1.807) is 27.7 Å². The molecule has 2 aromatic carbocycles. The highest BCUT2D eigenvalue weighted by Gasteiger charge is 2.20. The Hall–Kier alpha value is -2.67. The molecule has 140 valence electrons. The first-order valence-corrected chi connectivity index (χ1v) is 9.80. The van der Waals surface area contributed by atoms with Gasteiger partial charge in [-0.05, 0) is 38.1 Å². The SMILES string of the molecule is CCN(CC)C(=O)CSc1nnc(-c2ccccc2F)n1-c1ccccc1. The Morgan fingerprint density at radius 1 is 1.04 bits per heavy atom. The lowest BCUT2D eigenvalue weighted by Crippen LogP contribution is -2.31. The number of hydrogen-bond donors (Lipinski definition) is 0. The van der Waals surface area contributed by atoms with Crippen molar-refractivity contribution in [2.45, 2.75) is 19.0 Å². The Kier molecular flexibility index (Phi) is 6.24. The summed E-state index contributed by atoms with van der Waals surface area (Å²) in [7, 11) is 0. The molecule has 0 saturated carbocycles. The average molecular weight is 384 g/mol. The van der Waals surface area contributed by atoms with Crippen LogP contribution in [-0.4, -0.2) is 44.4 Å². The third kappa shape index (κ3) is 4.19. The van der Waals surface area contributed by atoms with E-state index in [2.05, 4.69) is 10.2 Å². The molecule has 0 N–H and O–H groups in total. The van der Waals surface area contributed by atoms with Crippen LogP contribution < -0.4 is 0 Å². The Morgan fingerprint density at radius 2 is 1.70 bits per heavy atom. The van der Waals surface area contributed by atoms with E-state index in [-0.39, 0.29) is 17.5 Å². The van der Waals surface area contributed by atoms with Crippen molar-refractivity contribution in [1.29, 1.82) is 0 Å². The van der Waals surface area contributed by atoms with Crippen LogP contribution in [0.3, 0.4) is 0 Å². The monoisotopic (exact) mass is 384 g/mol. The van der Waals surface area contributed by atoms with Crippen LogP contribution in [0.4, 0.5) is 4.39 Å². The molecule has 0 fully saturated rings. The van der Waals surface area contributed by atoms with E-state index in [1.165, 1.54) is 17.8 Å².